The molecular weight excluding hydrogens is 452 g/mol. The Bertz CT molecular complexity index is 793. The summed E-state index contributed by atoms with van der Waals surface area (Å²) in [5.74, 6) is -0.971. The van der Waals surface area contributed by atoms with E-state index < -0.39 is 30.4 Å². The van der Waals surface area contributed by atoms with Crippen LogP contribution in [0.1, 0.15) is 60.3 Å². The van der Waals surface area contributed by atoms with Gasteiger partial charge in [-0.25, -0.2) is 4.79 Å². The summed E-state index contributed by atoms with van der Waals surface area (Å²) in [6, 6.07) is 0. The van der Waals surface area contributed by atoms with Gasteiger partial charge in [-0.15, -0.1) is 0 Å². The maximum absolute atomic E-state index is 12.6. The van der Waals surface area contributed by atoms with Crippen molar-refractivity contribution in [1.82, 2.24) is 0 Å². The van der Waals surface area contributed by atoms with Crippen LogP contribution in [0.3, 0.4) is 0 Å². The highest BCUT2D eigenvalue weighted by Crippen LogP contribution is 2.25. The zero-order chi connectivity index (χ0) is 27.1. The van der Waals surface area contributed by atoms with Crippen LogP contribution >= 0.6 is 0 Å². The van der Waals surface area contributed by atoms with E-state index in [0.29, 0.717) is 19.3 Å². The number of allylic oxidation sites excluding steroid dienone is 6. The first-order valence-corrected chi connectivity index (χ1v) is 13.3. The van der Waals surface area contributed by atoms with Gasteiger partial charge in [0.25, 0.3) is 0 Å². The molecule has 0 spiro atoms. The summed E-state index contributed by atoms with van der Waals surface area (Å²) in [7, 11) is 0. The molecule has 36 heavy (non-hydrogen) atoms. The number of cyclic esters (lactones) is 1. The highest BCUT2D eigenvalue weighted by atomic mass is 16.5. The van der Waals surface area contributed by atoms with E-state index in [1.807, 2.05) is 77.2 Å². The van der Waals surface area contributed by atoms with Crippen LogP contribution in [0.15, 0.2) is 73.4 Å². The van der Waals surface area contributed by atoms with Crippen LogP contribution in [0.4, 0.5) is 0 Å². The lowest BCUT2D eigenvalue weighted by Crippen LogP contribution is -2.37. The summed E-state index contributed by atoms with van der Waals surface area (Å²) < 4.78 is 5.78. The van der Waals surface area contributed by atoms with Gasteiger partial charge in [0.1, 0.15) is 6.10 Å². The van der Waals surface area contributed by atoms with Crippen molar-refractivity contribution in [3.05, 3.63) is 73.4 Å². The highest BCUT2D eigenvalue weighted by Gasteiger charge is 2.30. The molecule has 1 heterocycles. The van der Waals surface area contributed by atoms with Crippen molar-refractivity contribution in [2.45, 2.75) is 84.7 Å². The lowest BCUT2D eigenvalue weighted by molar-refractivity contribution is -0.150. The number of ether oxygens (including phenoxy) is 1. The smallest absolute Gasteiger partial charge is 0.331 e. The minimum Gasteiger partial charge on any atom is -0.458 e. The van der Waals surface area contributed by atoms with E-state index in [1.54, 1.807) is 18.2 Å². The SMILES string of the molecule is C=CC=CC(C)[C@H]1OC(=O)C=CC=C[C@@H](C)[C@H](O)CCC=C[C@H](C)[C@H](O)[C@@H](C)C=CCC[C@@H](O)[C@H]1C. The number of esters is 1. The molecule has 0 aromatic rings. The lowest BCUT2D eigenvalue weighted by atomic mass is 9.86. The fraction of sp³-hybridized carbons (Fsp3) is 0.581. The first-order chi connectivity index (χ1) is 17.1. The molecule has 0 bridgehead atoms. The molecule has 0 saturated heterocycles. The van der Waals surface area contributed by atoms with Crippen LogP contribution in [0.2, 0.25) is 0 Å². The van der Waals surface area contributed by atoms with E-state index in [-0.39, 0.29) is 29.6 Å². The normalized spacial score (nSPS) is 35.1. The van der Waals surface area contributed by atoms with Crippen LogP contribution in [-0.2, 0) is 9.53 Å². The van der Waals surface area contributed by atoms with Gasteiger partial charge in [-0.1, -0.05) is 102 Å². The molecule has 0 aliphatic carbocycles. The van der Waals surface area contributed by atoms with Crippen LogP contribution < -0.4 is 0 Å². The highest BCUT2D eigenvalue weighted by molar-refractivity contribution is 5.82. The molecule has 0 radical (unpaired) electrons. The summed E-state index contributed by atoms with van der Waals surface area (Å²) in [5, 5.41) is 32.0. The Morgan fingerprint density at radius 3 is 2.08 bits per heavy atom. The average molecular weight is 501 g/mol. The number of hydrogen-bond acceptors (Lipinski definition) is 5. The number of hydrogen-bond donors (Lipinski definition) is 3. The summed E-state index contributed by atoms with van der Waals surface area (Å²) in [4.78, 5) is 12.6. The van der Waals surface area contributed by atoms with Gasteiger partial charge >= 0.3 is 5.97 Å². The first-order valence-electron chi connectivity index (χ1n) is 13.3. The number of aliphatic hydroxyl groups is 3. The predicted molar refractivity (Wildman–Crippen MR) is 148 cm³/mol. The summed E-state index contributed by atoms with van der Waals surface area (Å²) in [5.41, 5.74) is 0. The zero-order valence-electron chi connectivity index (χ0n) is 22.7. The largest absolute Gasteiger partial charge is 0.458 e. The molecule has 1 unspecified atom stereocenters. The van der Waals surface area contributed by atoms with Crippen molar-refractivity contribution in [2.75, 3.05) is 0 Å². The second kappa shape index (κ2) is 17.3. The fourth-order valence-electron chi connectivity index (χ4n) is 4.34. The van der Waals surface area contributed by atoms with Crippen molar-refractivity contribution in [3.8, 4) is 0 Å². The number of aliphatic hydroxyl groups excluding tert-OH is 3. The monoisotopic (exact) mass is 500 g/mol. The van der Waals surface area contributed by atoms with Gasteiger partial charge in [-0.05, 0) is 25.7 Å². The van der Waals surface area contributed by atoms with E-state index >= 15 is 0 Å². The van der Waals surface area contributed by atoms with Crippen molar-refractivity contribution in [1.29, 1.82) is 0 Å². The summed E-state index contributed by atoms with van der Waals surface area (Å²) in [6.07, 6.45) is 20.4. The molecular formula is C31H48O5. The molecule has 3 N–H and O–H groups in total. The van der Waals surface area contributed by atoms with Crippen LogP contribution in [0.5, 0.6) is 0 Å². The topological polar surface area (TPSA) is 87.0 Å². The van der Waals surface area contributed by atoms with Crippen molar-refractivity contribution >= 4 is 5.97 Å². The van der Waals surface area contributed by atoms with Gasteiger partial charge in [-0.2, -0.15) is 0 Å². The van der Waals surface area contributed by atoms with E-state index in [0.717, 1.165) is 6.42 Å². The quantitative estimate of drug-likeness (QED) is 0.263. The van der Waals surface area contributed by atoms with Crippen LogP contribution in [0, 0.1) is 29.6 Å². The van der Waals surface area contributed by atoms with Crippen molar-refractivity contribution in [2.24, 2.45) is 29.6 Å². The minimum atomic E-state index is -0.654. The maximum Gasteiger partial charge on any atom is 0.331 e. The molecule has 1 aliphatic rings. The molecule has 0 aromatic carbocycles. The second-order valence-corrected chi connectivity index (χ2v) is 10.2. The van der Waals surface area contributed by atoms with Crippen molar-refractivity contribution < 1.29 is 24.9 Å². The minimum absolute atomic E-state index is 0.00623. The van der Waals surface area contributed by atoms with Gasteiger partial charge in [0.15, 0.2) is 0 Å². The van der Waals surface area contributed by atoms with E-state index in [4.69, 9.17) is 4.74 Å². The van der Waals surface area contributed by atoms with Gasteiger partial charge in [0.2, 0.25) is 0 Å². The second-order valence-electron chi connectivity index (χ2n) is 10.2. The molecule has 0 amide bonds. The van der Waals surface area contributed by atoms with E-state index in [2.05, 4.69) is 6.58 Å². The Morgan fingerprint density at radius 2 is 1.50 bits per heavy atom. The average Bonchev–Trinajstić information content (AvgIpc) is 2.86. The number of rotatable bonds is 3. The third-order valence-electron chi connectivity index (χ3n) is 7.03. The molecule has 202 valence electrons. The standard InChI is InChI=1S/C31H48O5/c1-7-8-15-25(5)31-26(6)28(33)20-13-10-18-24(4)30(35)23(3)17-9-12-19-27(32)22(2)16-11-14-21-29(34)36-31/h7-11,14-18,21-28,30-33,35H,1,12-13,19-20H2,2-6H3/t22-,23+,24+,25?,26-,27-,28-,30+,31-/m1/s1. The van der Waals surface area contributed by atoms with Crippen LogP contribution in [0.25, 0.3) is 0 Å². The molecule has 1 aliphatic heterocycles. The van der Waals surface area contributed by atoms with E-state index in [1.165, 1.54) is 6.08 Å². The van der Waals surface area contributed by atoms with Gasteiger partial charge in [0, 0.05) is 35.7 Å². The van der Waals surface area contributed by atoms with E-state index in [9.17, 15) is 20.1 Å². The molecule has 1 rings (SSSR count). The lowest BCUT2D eigenvalue weighted by Gasteiger charge is -2.30. The fourth-order valence-corrected chi connectivity index (χ4v) is 4.34. The molecule has 5 heteroatoms. The van der Waals surface area contributed by atoms with Crippen LogP contribution in [-0.4, -0.2) is 45.7 Å². The third-order valence-corrected chi connectivity index (χ3v) is 7.03. The Kier molecular flexibility index (Phi) is 15.3. The van der Waals surface area contributed by atoms with Gasteiger partial charge in [0.05, 0.1) is 18.3 Å². The van der Waals surface area contributed by atoms with Gasteiger partial charge in [-0.3, -0.25) is 0 Å². The third kappa shape index (κ3) is 11.7. The molecule has 0 saturated carbocycles. The molecule has 0 fully saturated rings. The molecule has 0 aromatic heterocycles. The summed E-state index contributed by atoms with van der Waals surface area (Å²) in [6.45, 7) is 13.5. The Hall–Kier alpha value is -2.21. The first kappa shape index (κ1) is 31.8. The maximum atomic E-state index is 12.6. The molecule has 9 atom stereocenters. The predicted octanol–water partition coefficient (Wildman–Crippen LogP) is 5.70. The summed E-state index contributed by atoms with van der Waals surface area (Å²) >= 11 is 0. The number of carbonyl (C=O) groups is 1. The molecule has 5 nitrogen and oxygen atoms in total. The Morgan fingerprint density at radius 1 is 0.917 bits per heavy atom. The zero-order valence-corrected chi connectivity index (χ0v) is 22.7. The Labute approximate surface area is 218 Å². The van der Waals surface area contributed by atoms with Gasteiger partial charge < -0.3 is 20.1 Å². The number of carbonyl (C=O) groups excluding carboxylic acids is 1. The van der Waals surface area contributed by atoms with Crippen molar-refractivity contribution in [3.63, 3.8) is 0 Å². The Balaban J connectivity index is 3.11.